The third-order valence-corrected chi connectivity index (χ3v) is 4.74. The van der Waals surface area contributed by atoms with E-state index in [0.29, 0.717) is 18.5 Å². The zero-order valence-electron chi connectivity index (χ0n) is 13.4. The van der Waals surface area contributed by atoms with E-state index >= 15 is 0 Å². The molecule has 0 aromatic heterocycles. The standard InChI is InChI=1S/C17H23N3O2/c1-16(2,3)19-11-9-17(10-12-19)14(21)20(15(22)18-17)13-7-5-4-6-8-13/h4-8H,9-12H2,1-3H3,(H,18,22). The van der Waals surface area contributed by atoms with E-state index in [9.17, 15) is 9.59 Å². The first kappa shape index (κ1) is 15.0. The Hall–Kier alpha value is -1.88. The summed E-state index contributed by atoms with van der Waals surface area (Å²) in [4.78, 5) is 28.8. The van der Waals surface area contributed by atoms with E-state index in [1.165, 1.54) is 4.90 Å². The number of hydrogen-bond donors (Lipinski definition) is 1. The van der Waals surface area contributed by atoms with Crippen molar-refractivity contribution in [3.8, 4) is 0 Å². The molecule has 2 fully saturated rings. The number of likely N-dealkylation sites (tertiary alicyclic amines) is 1. The molecular formula is C17H23N3O2. The molecule has 1 aromatic rings. The summed E-state index contributed by atoms with van der Waals surface area (Å²) >= 11 is 0. The molecule has 0 unspecified atom stereocenters. The zero-order chi connectivity index (χ0) is 16.0. The number of imide groups is 1. The van der Waals surface area contributed by atoms with Gasteiger partial charge in [-0.05, 0) is 45.7 Å². The predicted molar refractivity (Wildman–Crippen MR) is 85.8 cm³/mol. The summed E-state index contributed by atoms with van der Waals surface area (Å²) in [5, 5.41) is 2.95. The van der Waals surface area contributed by atoms with Crippen LogP contribution in [0.25, 0.3) is 0 Å². The predicted octanol–water partition coefficient (Wildman–Crippen LogP) is 2.38. The maximum Gasteiger partial charge on any atom is 0.329 e. The number of nitrogens with zero attached hydrogens (tertiary/aromatic N) is 2. The number of rotatable bonds is 1. The Labute approximate surface area is 131 Å². The quantitative estimate of drug-likeness (QED) is 0.810. The molecule has 0 bridgehead atoms. The van der Waals surface area contributed by atoms with E-state index in [1.807, 2.05) is 18.2 Å². The monoisotopic (exact) mass is 301 g/mol. The van der Waals surface area contributed by atoms with E-state index in [1.54, 1.807) is 12.1 Å². The first-order valence-electron chi connectivity index (χ1n) is 7.80. The van der Waals surface area contributed by atoms with Crippen LogP contribution >= 0.6 is 0 Å². The highest BCUT2D eigenvalue weighted by atomic mass is 16.2. The lowest BCUT2D eigenvalue weighted by Gasteiger charge is -2.43. The van der Waals surface area contributed by atoms with Crippen LogP contribution in [0.3, 0.4) is 0 Å². The summed E-state index contributed by atoms with van der Waals surface area (Å²) < 4.78 is 0. The molecule has 2 saturated heterocycles. The van der Waals surface area contributed by atoms with Gasteiger partial charge in [0.25, 0.3) is 5.91 Å². The summed E-state index contributed by atoms with van der Waals surface area (Å²) in [6.45, 7) is 8.17. The fourth-order valence-electron chi connectivity index (χ4n) is 3.33. The first-order valence-corrected chi connectivity index (χ1v) is 7.80. The molecule has 2 heterocycles. The second-order valence-electron chi connectivity index (χ2n) is 7.15. The van der Waals surface area contributed by atoms with Crippen LogP contribution < -0.4 is 10.2 Å². The van der Waals surface area contributed by atoms with E-state index < -0.39 is 5.54 Å². The van der Waals surface area contributed by atoms with Gasteiger partial charge >= 0.3 is 6.03 Å². The van der Waals surface area contributed by atoms with Crippen LogP contribution in [-0.4, -0.2) is 41.0 Å². The molecule has 3 rings (SSSR count). The lowest BCUT2D eigenvalue weighted by molar-refractivity contribution is -0.124. The number of benzene rings is 1. The van der Waals surface area contributed by atoms with E-state index in [-0.39, 0.29) is 17.5 Å². The smallest absolute Gasteiger partial charge is 0.323 e. The number of nitrogens with one attached hydrogen (secondary N) is 1. The second kappa shape index (κ2) is 5.09. The fourth-order valence-corrected chi connectivity index (χ4v) is 3.33. The maximum absolute atomic E-state index is 12.9. The van der Waals surface area contributed by atoms with Gasteiger partial charge in [-0.15, -0.1) is 0 Å². The third kappa shape index (κ3) is 2.39. The molecule has 1 N–H and O–H groups in total. The third-order valence-electron chi connectivity index (χ3n) is 4.74. The minimum atomic E-state index is -0.728. The Balaban J connectivity index is 1.81. The Kier molecular flexibility index (Phi) is 3.48. The Morgan fingerprint density at radius 2 is 1.64 bits per heavy atom. The van der Waals surface area contributed by atoms with Crippen LogP contribution in [0.2, 0.25) is 0 Å². The van der Waals surface area contributed by atoms with Crippen LogP contribution in [0.5, 0.6) is 0 Å². The van der Waals surface area contributed by atoms with Crippen molar-refractivity contribution in [3.05, 3.63) is 30.3 Å². The average molecular weight is 301 g/mol. The summed E-state index contributed by atoms with van der Waals surface area (Å²) in [7, 11) is 0. The fraction of sp³-hybridized carbons (Fsp3) is 0.529. The van der Waals surface area contributed by atoms with Gasteiger partial charge < -0.3 is 5.32 Å². The maximum atomic E-state index is 12.9. The molecule has 118 valence electrons. The first-order chi connectivity index (χ1) is 10.3. The van der Waals surface area contributed by atoms with Crippen molar-refractivity contribution in [1.29, 1.82) is 0 Å². The summed E-state index contributed by atoms with van der Waals surface area (Å²) in [5.41, 5.74) is 0.00117. The van der Waals surface area contributed by atoms with Gasteiger partial charge in [-0.25, -0.2) is 9.69 Å². The van der Waals surface area contributed by atoms with Gasteiger partial charge in [0.2, 0.25) is 0 Å². The topological polar surface area (TPSA) is 52.7 Å². The number of urea groups is 1. The van der Waals surface area contributed by atoms with Crippen molar-refractivity contribution in [2.45, 2.75) is 44.7 Å². The van der Waals surface area contributed by atoms with Crippen LogP contribution in [-0.2, 0) is 4.79 Å². The Morgan fingerprint density at radius 3 is 2.18 bits per heavy atom. The lowest BCUT2D eigenvalue weighted by Crippen LogP contribution is -2.58. The Bertz CT molecular complexity index is 584. The summed E-state index contributed by atoms with van der Waals surface area (Å²) in [6.07, 6.45) is 1.33. The highest BCUT2D eigenvalue weighted by Crippen LogP contribution is 2.34. The van der Waals surface area contributed by atoms with Crippen molar-refractivity contribution in [2.24, 2.45) is 0 Å². The molecule has 0 aliphatic carbocycles. The van der Waals surface area contributed by atoms with E-state index in [4.69, 9.17) is 0 Å². The van der Waals surface area contributed by atoms with Gasteiger partial charge in [-0.2, -0.15) is 0 Å². The van der Waals surface area contributed by atoms with E-state index in [0.717, 1.165) is 13.1 Å². The molecular weight excluding hydrogens is 278 g/mol. The number of carbonyl (C=O) groups is 2. The SMILES string of the molecule is CC(C)(C)N1CCC2(CC1)NC(=O)N(c1ccccc1)C2=O. The molecule has 0 atom stereocenters. The summed E-state index contributed by atoms with van der Waals surface area (Å²) in [6, 6.07) is 8.83. The van der Waals surface area contributed by atoms with Gasteiger partial charge in [0.1, 0.15) is 5.54 Å². The van der Waals surface area contributed by atoms with Crippen molar-refractivity contribution in [1.82, 2.24) is 10.2 Å². The molecule has 5 nitrogen and oxygen atoms in total. The number of piperidine rings is 1. The molecule has 22 heavy (non-hydrogen) atoms. The average Bonchev–Trinajstić information content (AvgIpc) is 2.70. The lowest BCUT2D eigenvalue weighted by atomic mass is 9.85. The van der Waals surface area contributed by atoms with Crippen LogP contribution in [0, 0.1) is 0 Å². The molecule has 3 amide bonds. The highest BCUT2D eigenvalue weighted by Gasteiger charge is 2.53. The van der Waals surface area contributed by atoms with Gasteiger partial charge in [-0.3, -0.25) is 9.69 Å². The molecule has 1 spiro atoms. The number of hydrogen-bond acceptors (Lipinski definition) is 3. The van der Waals surface area contributed by atoms with Gasteiger partial charge in [-0.1, -0.05) is 18.2 Å². The van der Waals surface area contributed by atoms with Gasteiger partial charge in [0, 0.05) is 18.6 Å². The van der Waals surface area contributed by atoms with Crippen LogP contribution in [0.15, 0.2) is 30.3 Å². The minimum Gasteiger partial charge on any atom is -0.323 e. The van der Waals surface area contributed by atoms with Gasteiger partial charge in [0.15, 0.2) is 0 Å². The number of anilines is 1. The number of para-hydroxylation sites is 1. The highest BCUT2D eigenvalue weighted by molar-refractivity contribution is 6.23. The molecule has 1 aromatic carbocycles. The van der Waals surface area contributed by atoms with Crippen molar-refractivity contribution in [2.75, 3.05) is 18.0 Å². The van der Waals surface area contributed by atoms with Crippen molar-refractivity contribution in [3.63, 3.8) is 0 Å². The van der Waals surface area contributed by atoms with Crippen LogP contribution in [0.4, 0.5) is 10.5 Å². The molecule has 0 saturated carbocycles. The number of carbonyl (C=O) groups excluding carboxylic acids is 2. The van der Waals surface area contributed by atoms with Crippen molar-refractivity contribution < 1.29 is 9.59 Å². The molecule has 2 aliphatic heterocycles. The zero-order valence-corrected chi connectivity index (χ0v) is 13.4. The molecule has 0 radical (unpaired) electrons. The summed E-state index contributed by atoms with van der Waals surface area (Å²) in [5.74, 6) is -0.114. The minimum absolute atomic E-state index is 0.0897. The normalized spacial score (nSPS) is 22.2. The largest absolute Gasteiger partial charge is 0.329 e. The second-order valence-corrected chi connectivity index (χ2v) is 7.15. The molecule has 2 aliphatic rings. The number of amides is 3. The van der Waals surface area contributed by atoms with Crippen molar-refractivity contribution >= 4 is 17.6 Å². The van der Waals surface area contributed by atoms with E-state index in [2.05, 4.69) is 31.0 Å². The molecule has 5 heteroatoms. The van der Waals surface area contributed by atoms with Crippen LogP contribution in [0.1, 0.15) is 33.6 Å². The van der Waals surface area contributed by atoms with Gasteiger partial charge in [0.05, 0.1) is 5.69 Å². The Morgan fingerprint density at radius 1 is 1.05 bits per heavy atom.